The minimum absolute atomic E-state index is 0.0221. The molecule has 0 bridgehead atoms. The second-order valence-electron chi connectivity index (χ2n) is 4.35. The highest BCUT2D eigenvalue weighted by Crippen LogP contribution is 2.21. The van der Waals surface area contributed by atoms with Crippen LogP contribution in [0.5, 0.6) is 0 Å². The summed E-state index contributed by atoms with van der Waals surface area (Å²) in [6.45, 7) is 6.26. The predicted molar refractivity (Wildman–Crippen MR) is 71.1 cm³/mol. The summed E-state index contributed by atoms with van der Waals surface area (Å²) >= 11 is 6.06. The third-order valence-electron chi connectivity index (χ3n) is 2.42. The molecule has 0 heterocycles. The van der Waals surface area contributed by atoms with Crippen molar-refractivity contribution in [2.45, 2.75) is 32.9 Å². The Bertz CT molecular complexity index is 379. The zero-order valence-electron chi connectivity index (χ0n) is 10.5. The first-order valence-corrected chi connectivity index (χ1v) is 6.15. The van der Waals surface area contributed by atoms with Crippen molar-refractivity contribution in [3.8, 4) is 0 Å². The number of nitrogens with one attached hydrogen (secondary N) is 2. The lowest BCUT2D eigenvalue weighted by Crippen LogP contribution is -2.38. The summed E-state index contributed by atoms with van der Waals surface area (Å²) in [5.41, 5.74) is 0.937. The molecule has 0 saturated heterocycles. The Balaban J connectivity index is 2.52. The molecule has 1 rings (SSSR count). The van der Waals surface area contributed by atoms with Gasteiger partial charge in [-0.2, -0.15) is 0 Å². The van der Waals surface area contributed by atoms with Gasteiger partial charge in [0.25, 0.3) is 0 Å². The summed E-state index contributed by atoms with van der Waals surface area (Å²) < 4.78 is 0. The summed E-state index contributed by atoms with van der Waals surface area (Å²) in [7, 11) is 0. The number of rotatable bonds is 5. The van der Waals surface area contributed by atoms with Gasteiger partial charge in [0, 0.05) is 11.1 Å². The molecule has 1 amide bonds. The topological polar surface area (TPSA) is 41.1 Å². The number of carbonyl (C=O) groups excluding carboxylic acids is 1. The van der Waals surface area contributed by atoms with Crippen LogP contribution in [0, 0.1) is 0 Å². The Morgan fingerprint density at radius 2 is 1.94 bits per heavy atom. The van der Waals surface area contributed by atoms with E-state index < -0.39 is 0 Å². The van der Waals surface area contributed by atoms with Gasteiger partial charge in [0.1, 0.15) is 0 Å². The van der Waals surface area contributed by atoms with E-state index in [1.165, 1.54) is 0 Å². The van der Waals surface area contributed by atoms with Crippen molar-refractivity contribution in [1.82, 2.24) is 10.6 Å². The minimum atomic E-state index is -0.0786. The molecular formula is C13H19ClN2O. The van der Waals surface area contributed by atoms with Crippen LogP contribution in [0.2, 0.25) is 5.02 Å². The van der Waals surface area contributed by atoms with Crippen LogP contribution >= 0.6 is 11.6 Å². The summed E-state index contributed by atoms with van der Waals surface area (Å²) in [6.07, 6.45) is 0. The maximum Gasteiger partial charge on any atom is 0.234 e. The van der Waals surface area contributed by atoms with Crippen molar-refractivity contribution < 1.29 is 4.79 Å². The third-order valence-corrected chi connectivity index (χ3v) is 2.76. The summed E-state index contributed by atoms with van der Waals surface area (Å²) in [6, 6.07) is 7.76. The molecule has 17 heavy (non-hydrogen) atoms. The van der Waals surface area contributed by atoms with E-state index in [4.69, 9.17) is 11.6 Å². The van der Waals surface area contributed by atoms with E-state index in [0.29, 0.717) is 17.6 Å². The number of carbonyl (C=O) groups is 1. The van der Waals surface area contributed by atoms with Crippen molar-refractivity contribution in [2.24, 2.45) is 0 Å². The summed E-state index contributed by atoms with van der Waals surface area (Å²) in [4.78, 5) is 11.6. The summed E-state index contributed by atoms with van der Waals surface area (Å²) in [5, 5.41) is 6.66. The van der Waals surface area contributed by atoms with Crippen molar-refractivity contribution in [2.75, 3.05) is 6.54 Å². The van der Waals surface area contributed by atoms with Crippen LogP contribution in [-0.2, 0) is 4.79 Å². The van der Waals surface area contributed by atoms with Crippen LogP contribution in [0.1, 0.15) is 32.4 Å². The van der Waals surface area contributed by atoms with Gasteiger partial charge >= 0.3 is 0 Å². The highest BCUT2D eigenvalue weighted by atomic mass is 35.5. The maximum atomic E-state index is 11.6. The number of benzene rings is 1. The molecule has 1 aromatic rings. The van der Waals surface area contributed by atoms with Gasteiger partial charge < -0.3 is 10.6 Å². The van der Waals surface area contributed by atoms with Crippen LogP contribution < -0.4 is 10.6 Å². The molecule has 0 saturated carbocycles. The molecule has 2 N–H and O–H groups in total. The Morgan fingerprint density at radius 1 is 1.29 bits per heavy atom. The summed E-state index contributed by atoms with van der Waals surface area (Å²) in [5.74, 6) is -0.0221. The first-order chi connectivity index (χ1) is 8.00. The number of hydrogen-bond donors (Lipinski definition) is 2. The molecule has 3 nitrogen and oxygen atoms in total. The molecule has 94 valence electrons. The lowest BCUT2D eigenvalue weighted by molar-refractivity contribution is -0.121. The maximum absolute atomic E-state index is 11.6. The second-order valence-corrected chi connectivity index (χ2v) is 4.75. The third kappa shape index (κ3) is 4.75. The van der Waals surface area contributed by atoms with E-state index in [-0.39, 0.29) is 11.9 Å². The van der Waals surface area contributed by atoms with Crippen molar-refractivity contribution >= 4 is 17.5 Å². The lowest BCUT2D eigenvalue weighted by atomic mass is 10.1. The minimum Gasteiger partial charge on any atom is -0.348 e. The largest absolute Gasteiger partial charge is 0.348 e. The second kappa shape index (κ2) is 6.62. The van der Waals surface area contributed by atoms with E-state index in [2.05, 4.69) is 10.6 Å². The lowest BCUT2D eigenvalue weighted by Gasteiger charge is -2.16. The fraction of sp³-hybridized carbons (Fsp3) is 0.462. The molecule has 1 atom stereocenters. The highest BCUT2D eigenvalue weighted by Gasteiger charge is 2.11. The SMILES string of the molecule is CC(C)NCC(=O)N[C@@H](C)c1ccccc1Cl. The average molecular weight is 255 g/mol. The van der Waals surface area contributed by atoms with Crippen molar-refractivity contribution in [1.29, 1.82) is 0 Å². The molecule has 0 aliphatic heterocycles. The highest BCUT2D eigenvalue weighted by molar-refractivity contribution is 6.31. The quantitative estimate of drug-likeness (QED) is 0.848. The molecule has 0 radical (unpaired) electrons. The van der Waals surface area contributed by atoms with Gasteiger partial charge in [-0.05, 0) is 18.6 Å². The fourth-order valence-electron chi connectivity index (χ4n) is 1.49. The van der Waals surface area contributed by atoms with E-state index in [1.807, 2.05) is 45.0 Å². The zero-order chi connectivity index (χ0) is 12.8. The number of hydrogen-bond acceptors (Lipinski definition) is 2. The molecule has 0 unspecified atom stereocenters. The van der Waals surface area contributed by atoms with Gasteiger partial charge in [0.2, 0.25) is 5.91 Å². The molecule has 0 aliphatic carbocycles. The van der Waals surface area contributed by atoms with Gasteiger partial charge in [-0.3, -0.25) is 4.79 Å². The van der Waals surface area contributed by atoms with Gasteiger partial charge in [-0.1, -0.05) is 43.6 Å². The van der Waals surface area contributed by atoms with Gasteiger partial charge in [-0.15, -0.1) is 0 Å². The van der Waals surface area contributed by atoms with Crippen LogP contribution in [0.25, 0.3) is 0 Å². The molecular weight excluding hydrogens is 236 g/mol. The fourth-order valence-corrected chi connectivity index (χ4v) is 1.79. The monoisotopic (exact) mass is 254 g/mol. The van der Waals surface area contributed by atoms with Gasteiger partial charge in [-0.25, -0.2) is 0 Å². The van der Waals surface area contributed by atoms with Gasteiger partial charge in [0.15, 0.2) is 0 Å². The normalized spacial score (nSPS) is 12.5. The van der Waals surface area contributed by atoms with Crippen molar-refractivity contribution in [3.05, 3.63) is 34.9 Å². The first-order valence-electron chi connectivity index (χ1n) is 5.78. The average Bonchev–Trinajstić information content (AvgIpc) is 2.26. The van der Waals surface area contributed by atoms with E-state index in [9.17, 15) is 4.79 Å². The molecule has 0 aromatic heterocycles. The Morgan fingerprint density at radius 3 is 2.53 bits per heavy atom. The van der Waals surface area contributed by atoms with Crippen LogP contribution in [0.3, 0.4) is 0 Å². The molecule has 4 heteroatoms. The zero-order valence-corrected chi connectivity index (χ0v) is 11.2. The predicted octanol–water partition coefficient (Wildman–Crippen LogP) is 2.52. The van der Waals surface area contributed by atoms with E-state index >= 15 is 0 Å². The van der Waals surface area contributed by atoms with Crippen molar-refractivity contribution in [3.63, 3.8) is 0 Å². The number of halogens is 1. The molecule has 0 spiro atoms. The van der Waals surface area contributed by atoms with Gasteiger partial charge in [0.05, 0.1) is 12.6 Å². The molecule has 0 fully saturated rings. The van der Waals surface area contributed by atoms with Crippen LogP contribution in [0.4, 0.5) is 0 Å². The first kappa shape index (κ1) is 14.0. The smallest absolute Gasteiger partial charge is 0.234 e. The Labute approximate surface area is 108 Å². The van der Waals surface area contributed by atoms with E-state index in [1.54, 1.807) is 0 Å². The standard InChI is InChI=1S/C13H19ClN2O/c1-9(2)15-8-13(17)16-10(3)11-6-4-5-7-12(11)14/h4-7,9-10,15H,8H2,1-3H3,(H,16,17)/t10-/m0/s1. The van der Waals surface area contributed by atoms with Crippen LogP contribution in [-0.4, -0.2) is 18.5 Å². The molecule has 0 aliphatic rings. The number of amides is 1. The van der Waals surface area contributed by atoms with E-state index in [0.717, 1.165) is 5.56 Å². The van der Waals surface area contributed by atoms with Crippen LogP contribution in [0.15, 0.2) is 24.3 Å². The molecule has 1 aromatic carbocycles. The Hall–Kier alpha value is -1.06. The Kier molecular flexibility index (Phi) is 5.45.